The monoisotopic (exact) mass is 303 g/mol. The van der Waals surface area contributed by atoms with Crippen molar-refractivity contribution in [1.82, 2.24) is 15.1 Å². The largest absolute Gasteiger partial charge is 0.326 e. The maximum Gasteiger partial charge on any atom is 0.325 e. The Morgan fingerprint density at radius 2 is 1.86 bits per heavy atom. The number of nitrogens with one attached hydrogen (secondary N) is 1. The van der Waals surface area contributed by atoms with Gasteiger partial charge < -0.3 is 5.32 Å². The number of nitrogens with zero attached hydrogens (tertiary/aromatic N) is 2. The van der Waals surface area contributed by atoms with Crippen LogP contribution in [-0.4, -0.2) is 41.5 Å². The second kappa shape index (κ2) is 6.92. The molecule has 0 aliphatic carbocycles. The van der Waals surface area contributed by atoms with Gasteiger partial charge in [-0.3, -0.25) is 9.69 Å². The Morgan fingerprint density at radius 3 is 2.45 bits per heavy atom. The second-order valence-electron chi connectivity index (χ2n) is 6.54. The number of hydrogen-bond acceptors (Lipinski definition) is 3. The first-order chi connectivity index (χ1) is 10.4. The van der Waals surface area contributed by atoms with Crippen molar-refractivity contribution >= 4 is 11.9 Å². The van der Waals surface area contributed by atoms with Crippen LogP contribution in [0.4, 0.5) is 4.79 Å². The molecule has 2 rings (SSSR count). The van der Waals surface area contributed by atoms with E-state index in [2.05, 4.69) is 36.5 Å². The van der Waals surface area contributed by atoms with Gasteiger partial charge in [-0.25, -0.2) is 9.69 Å². The van der Waals surface area contributed by atoms with E-state index in [0.717, 1.165) is 0 Å². The van der Waals surface area contributed by atoms with Crippen LogP contribution in [0.3, 0.4) is 0 Å². The van der Waals surface area contributed by atoms with E-state index in [1.807, 2.05) is 25.8 Å². The van der Waals surface area contributed by atoms with Crippen LogP contribution in [0.5, 0.6) is 0 Å². The Morgan fingerprint density at radius 1 is 1.23 bits per heavy atom. The van der Waals surface area contributed by atoms with Gasteiger partial charge in [-0.2, -0.15) is 0 Å². The molecule has 1 N–H and O–H groups in total. The van der Waals surface area contributed by atoms with Crippen LogP contribution in [0.1, 0.15) is 31.4 Å². The van der Waals surface area contributed by atoms with Gasteiger partial charge in [0.05, 0.1) is 6.67 Å². The van der Waals surface area contributed by atoms with E-state index in [9.17, 15) is 9.59 Å². The van der Waals surface area contributed by atoms with Crippen molar-refractivity contribution in [2.75, 3.05) is 13.7 Å². The summed E-state index contributed by atoms with van der Waals surface area (Å²) in [6, 6.07) is 7.61. The lowest BCUT2D eigenvalue weighted by Crippen LogP contribution is -2.40. The summed E-state index contributed by atoms with van der Waals surface area (Å²) in [5.74, 6) is 0.258. The topological polar surface area (TPSA) is 52.6 Å². The number of hydrogen-bond donors (Lipinski definition) is 1. The van der Waals surface area contributed by atoms with E-state index in [1.165, 1.54) is 16.0 Å². The van der Waals surface area contributed by atoms with E-state index >= 15 is 0 Å². The van der Waals surface area contributed by atoms with Crippen molar-refractivity contribution in [3.05, 3.63) is 35.4 Å². The van der Waals surface area contributed by atoms with Crippen molar-refractivity contribution in [2.45, 2.75) is 39.8 Å². The smallest absolute Gasteiger partial charge is 0.325 e. The molecule has 1 aromatic carbocycles. The number of carbonyl (C=O) groups excluding carboxylic acids is 2. The zero-order chi connectivity index (χ0) is 16.3. The number of benzene rings is 1. The highest BCUT2D eigenvalue weighted by Gasteiger charge is 2.38. The molecule has 1 aliphatic rings. The lowest BCUT2D eigenvalue weighted by molar-refractivity contribution is -0.129. The Kier molecular flexibility index (Phi) is 5.19. The normalized spacial score (nSPS) is 18.5. The molecular formula is C17H25N3O2. The number of rotatable bonds is 6. The fraction of sp³-hybridized carbons (Fsp3) is 0.529. The Balaban J connectivity index is 1.93. The standard InChI is InChI=1S/C17H25N3O2/c1-12(2)9-15-16(21)20(17(22)18-15)11-19(4)10-14-7-5-13(3)6-8-14/h5-8,12,15H,9-11H2,1-4H3,(H,18,22)/t15-/m1/s1. The van der Waals surface area contributed by atoms with Crippen LogP contribution in [0.15, 0.2) is 24.3 Å². The van der Waals surface area contributed by atoms with Gasteiger partial charge in [-0.15, -0.1) is 0 Å². The average Bonchev–Trinajstić information content (AvgIpc) is 2.68. The Hall–Kier alpha value is -1.88. The highest BCUT2D eigenvalue weighted by atomic mass is 16.2. The molecule has 0 radical (unpaired) electrons. The minimum Gasteiger partial charge on any atom is -0.326 e. The summed E-state index contributed by atoms with van der Waals surface area (Å²) < 4.78 is 0. The highest BCUT2D eigenvalue weighted by Crippen LogP contribution is 2.15. The summed E-state index contributed by atoms with van der Waals surface area (Å²) >= 11 is 0. The van der Waals surface area contributed by atoms with Crippen LogP contribution in [0, 0.1) is 12.8 Å². The molecule has 5 heteroatoms. The first-order valence-corrected chi connectivity index (χ1v) is 7.72. The molecule has 1 fully saturated rings. The summed E-state index contributed by atoms with van der Waals surface area (Å²) in [6.45, 7) is 7.16. The maximum atomic E-state index is 12.3. The van der Waals surface area contributed by atoms with Crippen molar-refractivity contribution in [3.63, 3.8) is 0 Å². The van der Waals surface area contributed by atoms with Gasteiger partial charge in [-0.05, 0) is 31.9 Å². The summed E-state index contributed by atoms with van der Waals surface area (Å²) in [4.78, 5) is 27.6. The minimum atomic E-state index is -0.375. The molecule has 0 spiro atoms. The molecule has 1 aliphatic heterocycles. The van der Waals surface area contributed by atoms with Crippen molar-refractivity contribution < 1.29 is 9.59 Å². The molecule has 1 heterocycles. The first kappa shape index (κ1) is 16.5. The van der Waals surface area contributed by atoms with Gasteiger partial charge >= 0.3 is 6.03 Å². The Labute approximate surface area is 132 Å². The highest BCUT2D eigenvalue weighted by molar-refractivity contribution is 6.04. The number of amides is 3. The molecule has 1 aromatic rings. The van der Waals surface area contributed by atoms with Crippen molar-refractivity contribution in [3.8, 4) is 0 Å². The van der Waals surface area contributed by atoms with Gasteiger partial charge in [0.2, 0.25) is 0 Å². The maximum absolute atomic E-state index is 12.3. The summed E-state index contributed by atoms with van der Waals surface area (Å²) in [5, 5.41) is 2.77. The van der Waals surface area contributed by atoms with Gasteiger partial charge in [-0.1, -0.05) is 43.7 Å². The lowest BCUT2D eigenvalue weighted by atomic mass is 10.0. The second-order valence-corrected chi connectivity index (χ2v) is 6.54. The number of urea groups is 1. The quantitative estimate of drug-likeness (QED) is 0.821. The fourth-order valence-corrected chi connectivity index (χ4v) is 2.64. The summed E-state index contributed by atoms with van der Waals surface area (Å²) in [6.07, 6.45) is 0.683. The molecule has 0 bridgehead atoms. The van der Waals surface area contributed by atoms with Crippen LogP contribution in [-0.2, 0) is 11.3 Å². The number of imide groups is 1. The number of carbonyl (C=O) groups is 2. The van der Waals surface area contributed by atoms with E-state index in [-0.39, 0.29) is 18.0 Å². The van der Waals surface area contributed by atoms with E-state index in [4.69, 9.17) is 0 Å². The molecule has 22 heavy (non-hydrogen) atoms. The molecule has 120 valence electrons. The van der Waals surface area contributed by atoms with Gasteiger partial charge in [0, 0.05) is 6.54 Å². The van der Waals surface area contributed by atoms with Gasteiger partial charge in [0.15, 0.2) is 0 Å². The molecule has 3 amide bonds. The van der Waals surface area contributed by atoms with Crippen molar-refractivity contribution in [2.24, 2.45) is 5.92 Å². The molecule has 0 aromatic heterocycles. The van der Waals surface area contributed by atoms with Crippen molar-refractivity contribution in [1.29, 1.82) is 0 Å². The summed E-state index contributed by atoms with van der Waals surface area (Å²) in [7, 11) is 1.91. The predicted octanol–water partition coefficient (Wildman–Crippen LogP) is 2.35. The molecule has 5 nitrogen and oxygen atoms in total. The van der Waals surface area contributed by atoms with Crippen LogP contribution >= 0.6 is 0 Å². The average molecular weight is 303 g/mol. The SMILES string of the molecule is Cc1ccc(CN(C)CN2C(=O)N[C@H](CC(C)C)C2=O)cc1. The van der Waals surface area contributed by atoms with E-state index in [1.54, 1.807) is 0 Å². The van der Waals surface area contributed by atoms with Gasteiger partial charge in [0.25, 0.3) is 5.91 Å². The molecule has 1 atom stereocenters. The van der Waals surface area contributed by atoms with Crippen LogP contribution in [0.25, 0.3) is 0 Å². The zero-order valence-corrected chi connectivity index (χ0v) is 13.8. The van der Waals surface area contributed by atoms with Crippen LogP contribution in [0.2, 0.25) is 0 Å². The van der Waals surface area contributed by atoms with Crippen LogP contribution < -0.4 is 5.32 Å². The van der Waals surface area contributed by atoms with E-state index < -0.39 is 0 Å². The predicted molar refractivity (Wildman–Crippen MR) is 86.1 cm³/mol. The summed E-state index contributed by atoms with van der Waals surface area (Å²) in [5.41, 5.74) is 2.39. The third-order valence-corrected chi connectivity index (χ3v) is 3.77. The third-order valence-electron chi connectivity index (χ3n) is 3.77. The fourth-order valence-electron chi connectivity index (χ4n) is 2.64. The van der Waals surface area contributed by atoms with Gasteiger partial charge in [0.1, 0.15) is 6.04 Å². The molecule has 1 saturated heterocycles. The first-order valence-electron chi connectivity index (χ1n) is 7.72. The Bertz CT molecular complexity index is 539. The van der Waals surface area contributed by atoms with E-state index in [0.29, 0.717) is 25.6 Å². The lowest BCUT2D eigenvalue weighted by Gasteiger charge is -2.22. The zero-order valence-electron chi connectivity index (χ0n) is 13.8. The minimum absolute atomic E-state index is 0.116. The molecule has 0 saturated carbocycles. The number of aryl methyl sites for hydroxylation is 1. The third kappa shape index (κ3) is 4.07. The molecular weight excluding hydrogens is 278 g/mol. The molecule has 0 unspecified atom stereocenters.